The minimum absolute atomic E-state index is 0.0344. The van der Waals surface area contributed by atoms with E-state index in [9.17, 15) is 28.8 Å². The fraction of sp³-hybridized carbons (Fsp3) is 0.0735. The van der Waals surface area contributed by atoms with Crippen LogP contribution in [0.3, 0.4) is 0 Å². The highest BCUT2D eigenvalue weighted by molar-refractivity contribution is 6.31. The van der Waals surface area contributed by atoms with Gasteiger partial charge in [-0.25, -0.2) is 14.0 Å². The van der Waals surface area contributed by atoms with E-state index < -0.39 is 33.4 Å². The Hall–Kier alpha value is -11.5. The molecule has 0 saturated carbocycles. The monoisotopic (exact) mass is 1290 g/mol. The molecule has 0 aliphatic heterocycles. The lowest BCUT2D eigenvalue weighted by atomic mass is 10.1. The lowest BCUT2D eigenvalue weighted by Gasteiger charge is -2.04. The molecule has 24 heteroatoms. The van der Waals surface area contributed by atoms with Crippen LogP contribution in [-0.2, 0) is 14.1 Å². The lowest BCUT2D eigenvalue weighted by Crippen LogP contribution is -2.56. The highest BCUT2D eigenvalue weighted by Crippen LogP contribution is 2.30. The number of H-pyrrole nitrogens is 4. The van der Waals surface area contributed by atoms with Crippen molar-refractivity contribution in [2.75, 3.05) is 21.3 Å². The molecule has 12 aromatic rings. The molecule has 6 heterocycles. The van der Waals surface area contributed by atoms with Gasteiger partial charge in [0.15, 0.2) is 0 Å². The quantitative estimate of drug-likeness (QED) is 0.119. The van der Waals surface area contributed by atoms with Gasteiger partial charge in [0, 0.05) is 81.1 Å². The van der Waals surface area contributed by atoms with E-state index in [-0.39, 0.29) is 26.6 Å². The van der Waals surface area contributed by atoms with E-state index >= 15 is 0 Å². The summed E-state index contributed by atoms with van der Waals surface area (Å²) in [6, 6.07) is 43.7. The van der Waals surface area contributed by atoms with Crippen molar-refractivity contribution in [3.05, 3.63) is 290 Å². The third-order valence-electron chi connectivity index (χ3n) is 14.4. The van der Waals surface area contributed by atoms with E-state index in [0.29, 0.717) is 71.6 Å². The zero-order chi connectivity index (χ0) is 65.5. The summed E-state index contributed by atoms with van der Waals surface area (Å²) in [5, 5.41) is 15.9. The highest BCUT2D eigenvalue weighted by Gasteiger charge is 2.17. The van der Waals surface area contributed by atoms with Crippen molar-refractivity contribution in [1.82, 2.24) is 58.4 Å². The second-order valence-corrected chi connectivity index (χ2v) is 21.6. The van der Waals surface area contributed by atoms with Crippen molar-refractivity contribution in [2.45, 2.75) is 0 Å². The van der Waals surface area contributed by atoms with E-state index in [2.05, 4.69) is 49.9 Å². The van der Waals surface area contributed by atoms with Gasteiger partial charge in [-0.1, -0.05) is 54.5 Å². The van der Waals surface area contributed by atoms with Crippen molar-refractivity contribution in [3.63, 3.8) is 0 Å². The molecular weight excluding hydrogens is 1240 g/mol. The normalized spacial score (nSPS) is 10.8. The third-order valence-corrected chi connectivity index (χ3v) is 15.1. The van der Waals surface area contributed by atoms with Crippen molar-refractivity contribution < 1.29 is 14.2 Å². The Balaban J connectivity index is 0.000000151. The molecule has 6 aromatic heterocycles. The van der Waals surface area contributed by atoms with Gasteiger partial charge in [0.2, 0.25) is 0 Å². The number of methoxy groups -OCH3 is 3. The molecule has 0 radical (unpaired) electrons. The van der Waals surface area contributed by atoms with E-state index in [0.717, 1.165) is 33.8 Å². The number of rotatable bonds is 12. The molecule has 92 heavy (non-hydrogen) atoms. The summed E-state index contributed by atoms with van der Waals surface area (Å²) in [6.45, 7) is 10.9. The van der Waals surface area contributed by atoms with Gasteiger partial charge >= 0.3 is 0 Å². The maximum absolute atomic E-state index is 12.8. The molecule has 0 aliphatic rings. The first kappa shape index (κ1) is 63.5. The van der Waals surface area contributed by atoms with Crippen molar-refractivity contribution in [2.24, 2.45) is 14.1 Å². The largest absolute Gasteiger partial charge is 0.497 e. The van der Waals surface area contributed by atoms with Gasteiger partial charge < -0.3 is 34.1 Å². The number of ether oxygens (including phenoxy) is 3. The maximum atomic E-state index is 12.8. The SMILES string of the molecule is C=c1[nH]c(=O)c(=Cc2cn(-c3ccc(Cl)cc3)nc2-c2ccc(OC)cc2)c(=O)[nH]1.C=c1[nH]c(=O)c(=Cc2cn(-c3ccc(Cl)cc3)nc2-c2ccc(OC)cc2)c(=O)[nH]1.C=c1n(C)c(=O)c(=Cc2cn(-c3ccc(Cl)cc3)nc2-c2ccc(OC)cc2)c(=O)n1C. The molecule has 21 nitrogen and oxygen atoms in total. The van der Waals surface area contributed by atoms with Crippen LogP contribution >= 0.6 is 34.8 Å². The van der Waals surface area contributed by atoms with Crippen LogP contribution in [0.1, 0.15) is 16.7 Å². The average Bonchev–Trinajstić information content (AvgIpc) is 1.96. The predicted octanol–water partition coefficient (Wildman–Crippen LogP) is 5.47. The summed E-state index contributed by atoms with van der Waals surface area (Å²) in [7, 11) is 7.95. The summed E-state index contributed by atoms with van der Waals surface area (Å²) in [5.41, 5.74) is 6.10. The minimum atomic E-state index is -0.524. The van der Waals surface area contributed by atoms with Crippen LogP contribution in [0.25, 0.3) is 88.8 Å². The summed E-state index contributed by atoms with van der Waals surface area (Å²) in [6.07, 6.45) is 9.87. The molecule has 0 amide bonds. The molecule has 0 atom stereocenters. The summed E-state index contributed by atoms with van der Waals surface area (Å²) >= 11 is 18.0. The van der Waals surface area contributed by atoms with Gasteiger partial charge in [0.1, 0.15) is 49.3 Å². The number of hydrogen-bond donors (Lipinski definition) is 4. The van der Waals surface area contributed by atoms with Crippen LogP contribution in [0, 0.1) is 0 Å². The van der Waals surface area contributed by atoms with Crippen molar-refractivity contribution in [1.29, 1.82) is 0 Å². The first-order valence-corrected chi connectivity index (χ1v) is 28.9. The Bertz CT molecular complexity index is 5140. The van der Waals surface area contributed by atoms with Crippen molar-refractivity contribution in [3.8, 4) is 68.1 Å². The standard InChI is InChI=1S/C24H21ClN4O3.2C22H17ClN4O3/c1-15-27(2)23(30)21(24(31)28(15)3)13-17-14-29(19-9-7-18(25)8-10-19)26-22(17)16-5-11-20(32-4)12-6-16;2*1-13-24-21(28)19(22(29)25-13)11-15-12-27(17-7-5-16(23)6-8-17)26-20(15)14-3-9-18(30-2)10-4-14/h5-14H,1H2,2-4H3;2*3-12H,1H2,2H3,(H,24,28)(H,25,29). The van der Waals surface area contributed by atoms with Gasteiger partial charge in [-0.2, -0.15) is 15.3 Å². The van der Waals surface area contributed by atoms with Crippen LogP contribution in [0.4, 0.5) is 0 Å². The Labute approximate surface area is 536 Å². The number of nitrogens with zero attached hydrogens (tertiary/aromatic N) is 8. The maximum Gasteiger partial charge on any atom is 0.264 e. The number of hydrogen-bond acceptors (Lipinski definition) is 12. The predicted molar refractivity (Wildman–Crippen MR) is 359 cm³/mol. The molecular formula is C68H55Cl3N12O9. The van der Waals surface area contributed by atoms with Crippen LogP contribution in [-0.4, -0.2) is 79.7 Å². The molecule has 462 valence electrons. The molecule has 0 spiro atoms. The van der Waals surface area contributed by atoms with Gasteiger partial charge in [-0.3, -0.25) is 37.9 Å². The van der Waals surface area contributed by atoms with Gasteiger partial charge in [-0.15, -0.1) is 0 Å². The van der Waals surface area contributed by atoms with Gasteiger partial charge in [0.25, 0.3) is 33.4 Å². The lowest BCUT2D eigenvalue weighted by molar-refractivity contribution is 0.415. The fourth-order valence-corrected chi connectivity index (χ4v) is 9.81. The number of aromatic nitrogens is 12. The topological polar surface area (TPSA) is 257 Å². The second-order valence-electron chi connectivity index (χ2n) is 20.3. The summed E-state index contributed by atoms with van der Waals surface area (Å²) in [4.78, 5) is 84.9. The molecule has 0 bridgehead atoms. The molecule has 0 aliphatic carbocycles. The number of nitrogens with one attached hydrogen (secondary N) is 4. The smallest absolute Gasteiger partial charge is 0.264 e. The molecule has 12 rings (SSSR count). The minimum Gasteiger partial charge on any atom is -0.497 e. The zero-order valence-corrected chi connectivity index (χ0v) is 52.1. The Kier molecular flexibility index (Phi) is 19.0. The van der Waals surface area contributed by atoms with Gasteiger partial charge in [-0.05, 0) is 164 Å². The Morgan fingerprint density at radius 3 is 0.880 bits per heavy atom. The number of benzene rings is 6. The summed E-state index contributed by atoms with van der Waals surface area (Å²) < 4.78 is 23.4. The van der Waals surface area contributed by atoms with Crippen LogP contribution in [0.2, 0.25) is 15.1 Å². The molecule has 4 N–H and O–H groups in total. The van der Waals surface area contributed by atoms with Crippen molar-refractivity contribution >= 4 is 72.8 Å². The van der Waals surface area contributed by atoms with E-state index in [4.69, 9.17) is 54.1 Å². The third kappa shape index (κ3) is 14.1. The first-order chi connectivity index (χ1) is 44.2. The van der Waals surface area contributed by atoms with E-state index in [1.807, 2.05) is 109 Å². The Morgan fingerprint density at radius 1 is 0.380 bits per heavy atom. The number of aromatic amines is 4. The molecule has 0 saturated heterocycles. The van der Waals surface area contributed by atoms with Crippen LogP contribution < -0.4 is 79.7 Å². The molecule has 6 aromatic carbocycles. The first-order valence-electron chi connectivity index (χ1n) is 27.7. The molecule has 0 fully saturated rings. The van der Waals surface area contributed by atoms with Crippen LogP contribution in [0.5, 0.6) is 17.2 Å². The van der Waals surface area contributed by atoms with Crippen LogP contribution in [0.15, 0.2) is 193 Å². The highest BCUT2D eigenvalue weighted by atomic mass is 35.5. The zero-order valence-electron chi connectivity index (χ0n) is 49.8. The Morgan fingerprint density at radius 2 is 0.630 bits per heavy atom. The number of halogens is 3. The molecule has 0 unspecified atom stereocenters. The average molecular weight is 1290 g/mol. The second kappa shape index (κ2) is 27.5. The van der Waals surface area contributed by atoms with E-state index in [1.54, 1.807) is 111 Å². The summed E-state index contributed by atoms with van der Waals surface area (Å²) in [5.74, 6) is 2.13. The van der Waals surface area contributed by atoms with E-state index in [1.165, 1.54) is 21.3 Å². The fourth-order valence-electron chi connectivity index (χ4n) is 9.43. The van der Waals surface area contributed by atoms with Gasteiger partial charge in [0.05, 0.1) is 55.5 Å².